The summed E-state index contributed by atoms with van der Waals surface area (Å²) in [5.74, 6) is 0.607. The van der Waals surface area contributed by atoms with Gasteiger partial charge in [-0.05, 0) is 52.2 Å². The number of nitrogens with zero attached hydrogens (tertiary/aromatic N) is 3. The molecular formula is C24H32N6O4. The van der Waals surface area contributed by atoms with Crippen molar-refractivity contribution in [2.45, 2.75) is 70.8 Å². The van der Waals surface area contributed by atoms with E-state index in [1.54, 1.807) is 13.0 Å². The van der Waals surface area contributed by atoms with E-state index < -0.39 is 24.2 Å². The molecule has 0 aliphatic carbocycles. The fourth-order valence-corrected chi connectivity index (χ4v) is 4.34. The Hall–Kier alpha value is -3.24. The van der Waals surface area contributed by atoms with E-state index >= 15 is 0 Å². The van der Waals surface area contributed by atoms with Crippen molar-refractivity contribution in [3.63, 3.8) is 0 Å². The molecule has 10 heteroatoms. The van der Waals surface area contributed by atoms with Gasteiger partial charge in [-0.2, -0.15) is 0 Å². The molecule has 1 aromatic carbocycles. The first-order valence-electron chi connectivity index (χ1n) is 11.7. The molecular weight excluding hydrogens is 436 g/mol. The molecule has 0 saturated carbocycles. The zero-order valence-electron chi connectivity index (χ0n) is 19.7. The number of aromatic amines is 1. The highest BCUT2D eigenvalue weighted by Gasteiger charge is 2.31. The van der Waals surface area contributed by atoms with Crippen molar-refractivity contribution in [2.24, 2.45) is 0 Å². The summed E-state index contributed by atoms with van der Waals surface area (Å²) >= 11 is 0. The summed E-state index contributed by atoms with van der Waals surface area (Å²) in [5.41, 5.74) is 1.93. The predicted octanol–water partition coefficient (Wildman–Crippen LogP) is 2.48. The van der Waals surface area contributed by atoms with Crippen molar-refractivity contribution in [1.82, 2.24) is 30.7 Å². The highest BCUT2D eigenvalue weighted by molar-refractivity contribution is 5.88. The Bertz CT molecular complexity index is 1110. The van der Waals surface area contributed by atoms with Crippen molar-refractivity contribution in [3.8, 4) is 0 Å². The summed E-state index contributed by atoms with van der Waals surface area (Å²) in [5, 5.41) is 20.2. The number of piperidine rings is 1. The van der Waals surface area contributed by atoms with Crippen molar-refractivity contribution >= 4 is 22.8 Å². The second kappa shape index (κ2) is 10.4. The molecule has 10 nitrogen and oxygen atoms in total. The Balaban J connectivity index is 1.49. The van der Waals surface area contributed by atoms with E-state index in [4.69, 9.17) is 4.52 Å². The molecule has 1 aliphatic heterocycles. The first-order valence-corrected chi connectivity index (χ1v) is 11.7. The summed E-state index contributed by atoms with van der Waals surface area (Å²) in [6.07, 6.45) is 1.63. The average molecular weight is 469 g/mol. The summed E-state index contributed by atoms with van der Waals surface area (Å²) < 4.78 is 5.03. The minimum absolute atomic E-state index is 0.0864. The molecule has 1 fully saturated rings. The quantitative estimate of drug-likeness (QED) is 0.373. The van der Waals surface area contributed by atoms with Crippen LogP contribution in [0.2, 0.25) is 0 Å². The number of nitrogens with one attached hydrogen (secondary N) is 3. The third-order valence-electron chi connectivity index (χ3n) is 6.28. The number of H-pyrrole nitrogens is 1. The number of amides is 2. The number of carbonyl (C=O) groups excluding carboxylic acids is 2. The van der Waals surface area contributed by atoms with Gasteiger partial charge in [-0.15, -0.1) is 0 Å². The van der Waals surface area contributed by atoms with Gasteiger partial charge in [0.2, 0.25) is 11.8 Å². The molecule has 2 amide bonds. The van der Waals surface area contributed by atoms with Gasteiger partial charge in [0.1, 0.15) is 17.3 Å². The Morgan fingerprint density at radius 3 is 2.82 bits per heavy atom. The van der Waals surface area contributed by atoms with Crippen LogP contribution in [0.1, 0.15) is 69.1 Å². The van der Waals surface area contributed by atoms with E-state index in [-0.39, 0.29) is 24.1 Å². The number of aliphatic hydroxyl groups excluding tert-OH is 1. The third-order valence-corrected chi connectivity index (χ3v) is 6.28. The van der Waals surface area contributed by atoms with Crippen molar-refractivity contribution in [3.05, 3.63) is 47.6 Å². The number of benzene rings is 1. The minimum Gasteiger partial charge on any atom is -0.372 e. The highest BCUT2D eigenvalue weighted by Crippen LogP contribution is 2.20. The highest BCUT2D eigenvalue weighted by atomic mass is 16.5. The minimum atomic E-state index is -1.26. The standard InChI is InChI=1S/C24H32N6O4/c1-14-8-6-7-11-30(14)21(31)13-19(28-24(33)20-12-15(2)34-29-20)23(32)25-16(3)22-26-17-9-4-5-10-18(17)27-22/h4-5,9-10,12,14,16,19,24,28,33H,6-8,11,13H2,1-3H3,(H,25,32)(H,26,27)/t14-,16?,19-,24?/m0/s1. The van der Waals surface area contributed by atoms with Crippen molar-refractivity contribution < 1.29 is 19.2 Å². The molecule has 3 aromatic rings. The van der Waals surface area contributed by atoms with Gasteiger partial charge < -0.3 is 24.8 Å². The zero-order valence-corrected chi connectivity index (χ0v) is 19.7. The zero-order chi connectivity index (χ0) is 24.2. The van der Waals surface area contributed by atoms with Gasteiger partial charge in [0.15, 0.2) is 6.23 Å². The van der Waals surface area contributed by atoms with Crippen LogP contribution < -0.4 is 10.6 Å². The van der Waals surface area contributed by atoms with Crippen LogP contribution in [0, 0.1) is 6.92 Å². The summed E-state index contributed by atoms with van der Waals surface area (Å²) in [4.78, 5) is 35.9. The fraction of sp³-hybridized carbons (Fsp3) is 0.500. The maximum atomic E-state index is 13.3. The SMILES string of the molecule is Cc1cc(C(O)N[C@@H](CC(=O)N2CCCC[C@@H]2C)C(=O)NC(C)c2nc3ccccc3[nH]2)no1. The topological polar surface area (TPSA) is 136 Å². The van der Waals surface area contributed by atoms with E-state index in [0.29, 0.717) is 18.1 Å². The molecule has 0 bridgehead atoms. The van der Waals surface area contributed by atoms with Gasteiger partial charge in [-0.25, -0.2) is 4.98 Å². The smallest absolute Gasteiger partial charge is 0.238 e. The van der Waals surface area contributed by atoms with Crippen LogP contribution in [0.4, 0.5) is 0 Å². The number of likely N-dealkylation sites (tertiary alicyclic amines) is 1. The molecule has 182 valence electrons. The maximum absolute atomic E-state index is 13.3. The number of hydrogen-bond acceptors (Lipinski definition) is 7. The van der Waals surface area contributed by atoms with Gasteiger partial charge >= 0.3 is 0 Å². The molecule has 4 atom stereocenters. The normalized spacial score (nSPS) is 19.1. The molecule has 4 N–H and O–H groups in total. The van der Waals surface area contributed by atoms with E-state index in [0.717, 1.165) is 30.3 Å². The van der Waals surface area contributed by atoms with Crippen LogP contribution in [0.3, 0.4) is 0 Å². The van der Waals surface area contributed by atoms with Crippen LogP contribution in [-0.2, 0) is 9.59 Å². The van der Waals surface area contributed by atoms with Crippen LogP contribution in [0.5, 0.6) is 0 Å². The van der Waals surface area contributed by atoms with Gasteiger partial charge in [0.25, 0.3) is 0 Å². The number of fused-ring (bicyclic) bond motifs is 1. The third kappa shape index (κ3) is 5.45. The molecule has 4 rings (SSSR count). The second-order valence-electron chi connectivity index (χ2n) is 8.99. The maximum Gasteiger partial charge on any atom is 0.238 e. The van der Waals surface area contributed by atoms with Crippen molar-refractivity contribution in [1.29, 1.82) is 0 Å². The van der Waals surface area contributed by atoms with E-state index in [1.807, 2.05) is 43.0 Å². The molecule has 2 unspecified atom stereocenters. The number of aliphatic hydroxyl groups is 1. The monoisotopic (exact) mass is 468 g/mol. The number of hydrogen-bond donors (Lipinski definition) is 4. The predicted molar refractivity (Wildman–Crippen MR) is 125 cm³/mol. The Morgan fingerprint density at radius 1 is 1.32 bits per heavy atom. The summed E-state index contributed by atoms with van der Waals surface area (Å²) in [6, 6.07) is 7.92. The molecule has 3 heterocycles. The Morgan fingerprint density at radius 2 is 2.12 bits per heavy atom. The van der Waals surface area contributed by atoms with Gasteiger partial charge in [0.05, 0.1) is 29.5 Å². The first-order chi connectivity index (χ1) is 16.3. The Labute approximate surface area is 198 Å². The molecule has 34 heavy (non-hydrogen) atoms. The number of aryl methyl sites for hydroxylation is 1. The number of imidazole rings is 1. The van der Waals surface area contributed by atoms with Crippen LogP contribution >= 0.6 is 0 Å². The molecule has 2 aromatic heterocycles. The van der Waals surface area contributed by atoms with Crippen molar-refractivity contribution in [2.75, 3.05) is 6.54 Å². The number of carbonyl (C=O) groups is 2. The van der Waals surface area contributed by atoms with Crippen LogP contribution in [0.25, 0.3) is 11.0 Å². The Kier molecular flexibility index (Phi) is 7.28. The average Bonchev–Trinajstić information content (AvgIpc) is 3.45. The molecule has 0 radical (unpaired) electrons. The van der Waals surface area contributed by atoms with E-state index in [2.05, 4.69) is 25.8 Å². The number of rotatable bonds is 8. The lowest BCUT2D eigenvalue weighted by Crippen LogP contribution is -2.51. The molecule has 1 saturated heterocycles. The number of para-hydroxylation sites is 2. The lowest BCUT2D eigenvalue weighted by atomic mass is 10.0. The molecule has 0 spiro atoms. The molecule has 1 aliphatic rings. The van der Waals surface area contributed by atoms with E-state index in [9.17, 15) is 14.7 Å². The van der Waals surface area contributed by atoms with Gasteiger partial charge in [0, 0.05) is 18.7 Å². The van der Waals surface area contributed by atoms with Crippen LogP contribution in [-0.4, -0.2) is 55.6 Å². The summed E-state index contributed by atoms with van der Waals surface area (Å²) in [7, 11) is 0. The fourth-order valence-electron chi connectivity index (χ4n) is 4.34. The number of aromatic nitrogens is 3. The van der Waals surface area contributed by atoms with E-state index in [1.165, 1.54) is 0 Å². The van der Waals surface area contributed by atoms with Gasteiger partial charge in [-0.1, -0.05) is 17.3 Å². The lowest BCUT2D eigenvalue weighted by Gasteiger charge is -2.34. The van der Waals surface area contributed by atoms with Crippen LogP contribution in [0.15, 0.2) is 34.9 Å². The summed E-state index contributed by atoms with van der Waals surface area (Å²) in [6.45, 7) is 6.23. The largest absolute Gasteiger partial charge is 0.372 e. The van der Waals surface area contributed by atoms with Gasteiger partial charge in [-0.3, -0.25) is 14.9 Å². The lowest BCUT2D eigenvalue weighted by molar-refractivity contribution is -0.138. The first kappa shape index (κ1) is 23.9. The second-order valence-corrected chi connectivity index (χ2v) is 8.99.